The van der Waals surface area contributed by atoms with E-state index in [2.05, 4.69) is 26.2 Å². The molecule has 1 aromatic carbocycles. The summed E-state index contributed by atoms with van der Waals surface area (Å²) >= 11 is 3.25. The molecule has 3 rings (SSSR count). The highest BCUT2D eigenvalue weighted by atomic mass is 79.9. The zero-order valence-corrected chi connectivity index (χ0v) is 19.4. The molecule has 8 heteroatoms. The Labute approximate surface area is 185 Å². The second kappa shape index (κ2) is 9.04. The fraction of sp³-hybridized carbons (Fsp3) is 0.591. The lowest BCUT2D eigenvalue weighted by Crippen LogP contribution is -2.55. The number of amides is 2. The van der Waals surface area contributed by atoms with Crippen molar-refractivity contribution < 1.29 is 18.7 Å². The molecule has 1 saturated heterocycles. The molecule has 0 unspecified atom stereocenters. The lowest BCUT2D eigenvalue weighted by atomic mass is 9.97. The topological polar surface area (TPSA) is 71.0 Å². The van der Waals surface area contributed by atoms with Crippen LogP contribution in [0.5, 0.6) is 0 Å². The average molecular weight is 482 g/mol. The average Bonchev–Trinajstić information content (AvgIpc) is 3.24. The number of rotatable bonds is 5. The summed E-state index contributed by atoms with van der Waals surface area (Å²) in [6.07, 6.45) is 4.04. The summed E-state index contributed by atoms with van der Waals surface area (Å²) in [4.78, 5) is 31.6. The molecule has 1 aliphatic heterocycles. The molecule has 30 heavy (non-hydrogen) atoms. The molecule has 2 amide bonds. The highest BCUT2D eigenvalue weighted by Crippen LogP contribution is 2.43. The Morgan fingerprint density at radius 3 is 2.77 bits per heavy atom. The quantitative estimate of drug-likeness (QED) is 0.643. The Hall–Kier alpha value is -1.96. The van der Waals surface area contributed by atoms with Crippen molar-refractivity contribution in [3.8, 4) is 0 Å². The van der Waals surface area contributed by atoms with Crippen LogP contribution < -0.4 is 5.32 Å². The highest BCUT2D eigenvalue weighted by molar-refractivity contribution is 9.10. The van der Waals surface area contributed by atoms with E-state index in [0.29, 0.717) is 10.0 Å². The second-order valence-electron chi connectivity index (χ2n) is 9.02. The van der Waals surface area contributed by atoms with Gasteiger partial charge in [-0.3, -0.25) is 14.7 Å². The molecule has 164 valence electrons. The van der Waals surface area contributed by atoms with E-state index in [9.17, 15) is 14.0 Å². The molecule has 1 aromatic rings. The number of nitrogens with zero attached hydrogens (tertiary/aromatic N) is 2. The molecule has 1 saturated carbocycles. The van der Waals surface area contributed by atoms with Crippen molar-refractivity contribution in [3.63, 3.8) is 0 Å². The predicted octanol–water partition coefficient (Wildman–Crippen LogP) is 4.10. The number of nitrogens with one attached hydrogen (secondary N) is 1. The maximum atomic E-state index is 14.3. The normalized spacial score (nSPS) is 24.3. The molecule has 1 heterocycles. The van der Waals surface area contributed by atoms with Gasteiger partial charge in [-0.15, -0.1) is 0 Å². The lowest BCUT2D eigenvalue weighted by Gasteiger charge is -2.36. The van der Waals surface area contributed by atoms with Crippen LogP contribution in [0, 0.1) is 11.7 Å². The Balaban J connectivity index is 1.74. The van der Waals surface area contributed by atoms with Gasteiger partial charge in [-0.05, 0) is 63.6 Å². The van der Waals surface area contributed by atoms with Gasteiger partial charge in [0.05, 0.1) is 6.04 Å². The third-order valence-electron chi connectivity index (χ3n) is 5.57. The fourth-order valence-corrected chi connectivity index (χ4v) is 4.75. The number of carbonyl (C=O) groups is 2. The molecular weight excluding hydrogens is 453 g/mol. The van der Waals surface area contributed by atoms with E-state index in [4.69, 9.17) is 4.74 Å². The molecule has 6 nitrogen and oxygen atoms in total. The highest BCUT2D eigenvalue weighted by Gasteiger charge is 2.52. The van der Waals surface area contributed by atoms with Crippen LogP contribution in [0.15, 0.2) is 27.7 Å². The van der Waals surface area contributed by atoms with Crippen LogP contribution in [0.3, 0.4) is 0 Å². The van der Waals surface area contributed by atoms with Crippen molar-refractivity contribution in [3.05, 3.63) is 34.1 Å². The van der Waals surface area contributed by atoms with Crippen LogP contribution in [0.25, 0.3) is 0 Å². The first-order chi connectivity index (χ1) is 14.1. The van der Waals surface area contributed by atoms with Gasteiger partial charge in [-0.2, -0.15) is 0 Å². The van der Waals surface area contributed by atoms with Crippen LogP contribution in [0.1, 0.15) is 45.6 Å². The van der Waals surface area contributed by atoms with Crippen molar-refractivity contribution in [1.29, 1.82) is 0 Å². The van der Waals surface area contributed by atoms with Crippen LogP contribution in [0.4, 0.5) is 9.18 Å². The molecule has 1 aliphatic carbocycles. The number of hydrogen-bond acceptors (Lipinski definition) is 4. The Morgan fingerprint density at radius 1 is 1.40 bits per heavy atom. The number of hydrogen-bond donors (Lipinski definition) is 1. The van der Waals surface area contributed by atoms with Crippen LogP contribution in [0.2, 0.25) is 0 Å². The van der Waals surface area contributed by atoms with Gasteiger partial charge < -0.3 is 10.1 Å². The van der Waals surface area contributed by atoms with Gasteiger partial charge in [0.2, 0.25) is 5.91 Å². The standard InChI is InChI=1S/C22H29BrFN3O3/c1-22(2,3)30-21(29)27-17-8-6-14(10-17)19(27)20(28)26-16(12-25-4)9-13-5-7-15(23)11-18(13)24/h5,7,11-12,14,16-17,19H,6,8-10H2,1-4H3,(H,26,28)/t14-,16-,17+,19-/m0/s1. The molecule has 0 aromatic heterocycles. The number of piperidine rings is 1. The van der Waals surface area contributed by atoms with E-state index < -0.39 is 23.8 Å². The zero-order chi connectivity index (χ0) is 22.1. The molecule has 2 fully saturated rings. The monoisotopic (exact) mass is 481 g/mol. The van der Waals surface area contributed by atoms with Crippen molar-refractivity contribution >= 4 is 34.1 Å². The maximum Gasteiger partial charge on any atom is 0.411 e. The first kappa shape index (κ1) is 22.7. The minimum atomic E-state index is -0.629. The van der Waals surface area contributed by atoms with Gasteiger partial charge in [0.1, 0.15) is 17.5 Å². The van der Waals surface area contributed by atoms with Crippen LogP contribution in [-0.2, 0) is 16.0 Å². The minimum absolute atomic E-state index is 0.0304. The van der Waals surface area contributed by atoms with Gasteiger partial charge in [0, 0.05) is 30.2 Å². The van der Waals surface area contributed by atoms with Gasteiger partial charge >= 0.3 is 6.09 Å². The number of carbonyl (C=O) groups excluding carboxylic acids is 2. The zero-order valence-electron chi connectivity index (χ0n) is 17.8. The number of halogens is 2. The third-order valence-corrected chi connectivity index (χ3v) is 6.06. The minimum Gasteiger partial charge on any atom is -0.444 e. The smallest absolute Gasteiger partial charge is 0.411 e. The lowest BCUT2D eigenvalue weighted by molar-refractivity contribution is -0.128. The molecule has 2 bridgehead atoms. The third kappa shape index (κ3) is 5.20. The SMILES string of the molecule is CN=C[C@H](Cc1ccc(Br)cc1F)NC(=O)[C@@H]1[C@H]2CC[C@H](C2)N1C(=O)OC(C)(C)C. The van der Waals surface area contributed by atoms with E-state index in [0.717, 1.165) is 19.3 Å². The molecule has 4 atom stereocenters. The Bertz CT molecular complexity index is 839. The van der Waals surface area contributed by atoms with Crippen molar-refractivity contribution in [2.75, 3.05) is 7.05 Å². The first-order valence-electron chi connectivity index (χ1n) is 10.3. The van der Waals surface area contributed by atoms with Gasteiger partial charge in [0.15, 0.2) is 0 Å². The van der Waals surface area contributed by atoms with Gasteiger partial charge in [0.25, 0.3) is 0 Å². The Kier molecular flexibility index (Phi) is 6.84. The van der Waals surface area contributed by atoms with Gasteiger partial charge in [-0.1, -0.05) is 22.0 Å². The summed E-state index contributed by atoms with van der Waals surface area (Å²) in [6, 6.07) is 3.84. The van der Waals surface area contributed by atoms with E-state index in [1.165, 1.54) is 6.07 Å². The Morgan fingerprint density at radius 2 is 2.13 bits per heavy atom. The molecule has 0 radical (unpaired) electrons. The summed E-state index contributed by atoms with van der Waals surface area (Å²) in [5, 5.41) is 2.97. The van der Waals surface area contributed by atoms with Gasteiger partial charge in [-0.25, -0.2) is 9.18 Å². The first-order valence-corrected chi connectivity index (χ1v) is 11.1. The summed E-state index contributed by atoms with van der Waals surface area (Å²) < 4.78 is 20.5. The second-order valence-corrected chi connectivity index (χ2v) is 9.94. The van der Waals surface area contributed by atoms with E-state index in [1.807, 2.05) is 20.8 Å². The fourth-order valence-electron chi connectivity index (χ4n) is 4.42. The van der Waals surface area contributed by atoms with E-state index >= 15 is 0 Å². The predicted molar refractivity (Wildman–Crippen MR) is 117 cm³/mol. The summed E-state index contributed by atoms with van der Waals surface area (Å²) in [5.74, 6) is -0.468. The molecule has 1 N–H and O–H groups in total. The maximum absolute atomic E-state index is 14.3. The largest absolute Gasteiger partial charge is 0.444 e. The van der Waals surface area contributed by atoms with Crippen molar-refractivity contribution in [2.24, 2.45) is 10.9 Å². The number of benzene rings is 1. The molecule has 0 spiro atoms. The summed E-state index contributed by atoms with van der Waals surface area (Å²) in [5.41, 5.74) is -0.142. The molecular formula is C22H29BrFN3O3. The van der Waals surface area contributed by atoms with E-state index in [1.54, 1.807) is 30.3 Å². The van der Waals surface area contributed by atoms with E-state index in [-0.39, 0.29) is 30.1 Å². The van der Waals surface area contributed by atoms with Crippen LogP contribution >= 0.6 is 15.9 Å². The summed E-state index contributed by atoms with van der Waals surface area (Å²) in [6.45, 7) is 5.44. The number of ether oxygens (including phenoxy) is 1. The van der Waals surface area contributed by atoms with Crippen LogP contribution in [-0.4, -0.2) is 53.9 Å². The van der Waals surface area contributed by atoms with Crippen molar-refractivity contribution in [2.45, 2.75) is 70.2 Å². The van der Waals surface area contributed by atoms with Crippen molar-refractivity contribution in [1.82, 2.24) is 10.2 Å². The summed E-state index contributed by atoms with van der Waals surface area (Å²) in [7, 11) is 1.61. The number of likely N-dealkylation sites (tertiary alicyclic amines) is 1. The number of aliphatic imine (C=N–C) groups is 1. The molecule has 2 aliphatic rings. The number of fused-ring (bicyclic) bond motifs is 2.